The molecule has 0 aliphatic heterocycles. The average molecular weight is 502 g/mol. The van der Waals surface area contributed by atoms with E-state index in [1.165, 1.54) is 24.3 Å². The zero-order chi connectivity index (χ0) is 24.5. The number of Topliss-reactive ketones (excluding diaryl/α,β-unsaturated/α-hetero) is 1. The number of halogens is 2. The maximum atomic E-state index is 13.7. The van der Waals surface area contributed by atoms with Crippen LogP contribution >= 0.6 is 11.6 Å². The van der Waals surface area contributed by atoms with E-state index >= 15 is 0 Å². The second kappa shape index (κ2) is 9.66. The third-order valence-electron chi connectivity index (χ3n) is 5.63. The topological polar surface area (TPSA) is 89.5 Å². The van der Waals surface area contributed by atoms with Gasteiger partial charge in [0.25, 0.3) is 16.0 Å². The van der Waals surface area contributed by atoms with Crippen molar-refractivity contribution in [2.24, 2.45) is 0 Å². The summed E-state index contributed by atoms with van der Waals surface area (Å²) >= 11 is 5.66. The van der Waals surface area contributed by atoms with Crippen molar-refractivity contribution >= 4 is 33.4 Å². The number of nitrogens with one attached hydrogen (secondary N) is 1. The van der Waals surface area contributed by atoms with Gasteiger partial charge in [-0.1, -0.05) is 59.6 Å². The molecule has 0 unspecified atom stereocenters. The minimum absolute atomic E-state index is 0.0000240. The Morgan fingerprint density at radius 2 is 1.79 bits per heavy atom. The molecule has 0 bridgehead atoms. The van der Waals surface area contributed by atoms with E-state index in [-0.39, 0.29) is 22.8 Å². The molecule has 9 heteroatoms. The molecule has 1 aliphatic carbocycles. The molecule has 3 aromatic rings. The predicted molar refractivity (Wildman–Crippen MR) is 124 cm³/mol. The summed E-state index contributed by atoms with van der Waals surface area (Å²) in [4.78, 5) is 25.2. The first-order valence-corrected chi connectivity index (χ1v) is 12.3. The van der Waals surface area contributed by atoms with Crippen LogP contribution in [-0.2, 0) is 36.7 Å². The van der Waals surface area contributed by atoms with Crippen LogP contribution in [0.1, 0.15) is 28.3 Å². The summed E-state index contributed by atoms with van der Waals surface area (Å²) in [6, 6.07) is 16.4. The molecule has 1 amide bonds. The van der Waals surface area contributed by atoms with Crippen molar-refractivity contribution in [3.05, 3.63) is 99.8 Å². The van der Waals surface area contributed by atoms with Gasteiger partial charge in [-0.15, -0.1) is 0 Å². The number of aryl methyl sites for hydroxylation is 1. The maximum absolute atomic E-state index is 13.7. The molecule has 0 saturated heterocycles. The van der Waals surface area contributed by atoms with Gasteiger partial charge >= 0.3 is 0 Å². The fourth-order valence-corrected chi connectivity index (χ4v) is 5.08. The Bertz CT molecular complexity index is 1360. The molecule has 176 valence electrons. The zero-order valence-electron chi connectivity index (χ0n) is 18.1. The van der Waals surface area contributed by atoms with Crippen molar-refractivity contribution in [2.45, 2.75) is 36.8 Å². The number of amides is 1. The molecule has 2 atom stereocenters. The Kier molecular flexibility index (Phi) is 6.84. The van der Waals surface area contributed by atoms with Gasteiger partial charge in [-0.2, -0.15) is 8.42 Å². The predicted octanol–water partition coefficient (Wildman–Crippen LogP) is 4.09. The number of carbonyl (C=O) groups is 2. The van der Waals surface area contributed by atoms with Gasteiger partial charge in [0.1, 0.15) is 11.9 Å². The fourth-order valence-electron chi connectivity index (χ4n) is 3.88. The number of hydrogen-bond acceptors (Lipinski definition) is 5. The number of rotatable bonds is 7. The van der Waals surface area contributed by atoms with Gasteiger partial charge in [0.15, 0.2) is 0 Å². The fraction of sp³-hybridized carbons (Fsp3) is 0.200. The van der Waals surface area contributed by atoms with E-state index in [1.54, 1.807) is 30.3 Å². The lowest BCUT2D eigenvalue weighted by molar-refractivity contribution is -0.138. The number of carbonyl (C=O) groups excluding carboxylic acids is 2. The highest BCUT2D eigenvalue weighted by atomic mass is 35.5. The molecule has 0 radical (unpaired) electrons. The van der Waals surface area contributed by atoms with Gasteiger partial charge in [-0.05, 0) is 47.9 Å². The van der Waals surface area contributed by atoms with E-state index in [9.17, 15) is 22.4 Å². The quantitative estimate of drug-likeness (QED) is 0.389. The van der Waals surface area contributed by atoms with E-state index in [0.717, 1.165) is 17.2 Å². The lowest BCUT2D eigenvalue weighted by atomic mass is 10.1. The van der Waals surface area contributed by atoms with Crippen LogP contribution < -0.4 is 5.32 Å². The molecular weight excluding hydrogens is 481 g/mol. The highest BCUT2D eigenvalue weighted by Crippen LogP contribution is 2.35. The van der Waals surface area contributed by atoms with Crippen molar-refractivity contribution in [3.63, 3.8) is 0 Å². The van der Waals surface area contributed by atoms with Crippen LogP contribution in [-0.4, -0.2) is 26.2 Å². The van der Waals surface area contributed by atoms with E-state index in [2.05, 4.69) is 5.32 Å². The molecule has 0 heterocycles. The first-order valence-electron chi connectivity index (χ1n) is 10.5. The summed E-state index contributed by atoms with van der Waals surface area (Å²) in [7, 11) is -4.11. The molecule has 1 N–H and O–H groups in total. The van der Waals surface area contributed by atoms with Gasteiger partial charge in [0.2, 0.25) is 5.78 Å². The summed E-state index contributed by atoms with van der Waals surface area (Å²) in [6.45, 7) is 1.84. The van der Waals surface area contributed by atoms with Gasteiger partial charge in [-0.3, -0.25) is 13.8 Å². The van der Waals surface area contributed by atoms with Crippen molar-refractivity contribution in [2.75, 3.05) is 0 Å². The molecule has 4 rings (SSSR count). The Balaban J connectivity index is 1.53. The zero-order valence-corrected chi connectivity index (χ0v) is 19.7. The van der Waals surface area contributed by atoms with Gasteiger partial charge in [0.05, 0.1) is 16.0 Å². The molecule has 0 fully saturated rings. The maximum Gasteiger partial charge on any atom is 0.297 e. The van der Waals surface area contributed by atoms with Gasteiger partial charge < -0.3 is 5.32 Å². The summed E-state index contributed by atoms with van der Waals surface area (Å²) < 4.78 is 44.9. The SMILES string of the molecule is Cc1ccc(S(=O)(=O)O[C@H]2Cc3ccccc3[C@H]2NC(=O)C(=O)Cc2ccc(Cl)c(F)c2)cc1. The number of fused-ring (bicyclic) bond motifs is 1. The summed E-state index contributed by atoms with van der Waals surface area (Å²) in [5.74, 6) is -2.41. The van der Waals surface area contributed by atoms with E-state index in [4.69, 9.17) is 15.8 Å². The third kappa shape index (κ3) is 5.19. The first kappa shape index (κ1) is 24.1. The molecule has 0 saturated carbocycles. The Hall–Kier alpha value is -3.07. The molecule has 34 heavy (non-hydrogen) atoms. The van der Waals surface area contributed by atoms with Crippen LogP contribution in [0, 0.1) is 12.7 Å². The summed E-state index contributed by atoms with van der Waals surface area (Å²) in [5.41, 5.74) is 2.68. The average Bonchev–Trinajstić information content (AvgIpc) is 3.12. The third-order valence-corrected chi connectivity index (χ3v) is 7.29. The van der Waals surface area contributed by atoms with Gasteiger partial charge in [0, 0.05) is 12.8 Å². The molecule has 0 aromatic heterocycles. The normalized spacial score (nSPS) is 17.3. The second-order valence-electron chi connectivity index (χ2n) is 8.10. The van der Waals surface area contributed by atoms with Crippen LogP contribution in [0.5, 0.6) is 0 Å². The highest BCUT2D eigenvalue weighted by Gasteiger charge is 2.38. The minimum Gasteiger partial charge on any atom is -0.340 e. The largest absolute Gasteiger partial charge is 0.340 e. The number of benzene rings is 3. The first-order chi connectivity index (χ1) is 16.1. The van der Waals surface area contributed by atoms with Crippen LogP contribution in [0.3, 0.4) is 0 Å². The summed E-state index contributed by atoms with van der Waals surface area (Å²) in [6.07, 6.45) is -1.03. The smallest absolute Gasteiger partial charge is 0.297 e. The van der Waals surface area contributed by atoms with Crippen LogP contribution in [0.15, 0.2) is 71.6 Å². The lowest BCUT2D eigenvalue weighted by Crippen LogP contribution is -2.40. The van der Waals surface area contributed by atoms with Gasteiger partial charge in [-0.25, -0.2) is 4.39 Å². The molecule has 6 nitrogen and oxygen atoms in total. The Morgan fingerprint density at radius 3 is 2.50 bits per heavy atom. The van der Waals surface area contributed by atoms with Crippen LogP contribution in [0.2, 0.25) is 5.02 Å². The second-order valence-corrected chi connectivity index (χ2v) is 10.1. The molecule has 0 spiro atoms. The van der Waals surface area contributed by atoms with Crippen molar-refractivity contribution in [1.82, 2.24) is 5.32 Å². The Labute approximate surface area is 201 Å². The Morgan fingerprint density at radius 1 is 1.09 bits per heavy atom. The number of ketones is 1. The summed E-state index contributed by atoms with van der Waals surface area (Å²) in [5, 5.41) is 2.53. The monoisotopic (exact) mass is 501 g/mol. The lowest BCUT2D eigenvalue weighted by Gasteiger charge is -2.22. The van der Waals surface area contributed by atoms with Crippen molar-refractivity contribution in [3.8, 4) is 0 Å². The molecular formula is C25H21ClFNO5S. The van der Waals surface area contributed by atoms with Crippen molar-refractivity contribution < 1.29 is 26.6 Å². The van der Waals surface area contributed by atoms with Crippen molar-refractivity contribution in [1.29, 1.82) is 0 Å². The van der Waals surface area contributed by atoms with E-state index in [0.29, 0.717) is 11.1 Å². The van der Waals surface area contributed by atoms with E-state index in [1.807, 2.05) is 13.0 Å². The minimum atomic E-state index is -4.11. The highest BCUT2D eigenvalue weighted by molar-refractivity contribution is 7.86. The molecule has 3 aromatic carbocycles. The van der Waals surface area contributed by atoms with E-state index < -0.39 is 39.8 Å². The standard InChI is InChI=1S/C25H21ClFNO5S/c1-15-6-9-18(10-7-15)34(31,32)33-23-14-17-4-2-3-5-19(17)24(23)28-25(30)22(29)13-16-8-11-20(26)21(27)12-16/h2-12,23-24H,13-14H2,1H3,(H,28,30)/t23-,24+/m0/s1. The van der Waals surface area contributed by atoms with Crippen LogP contribution in [0.25, 0.3) is 0 Å². The van der Waals surface area contributed by atoms with Crippen LogP contribution in [0.4, 0.5) is 4.39 Å². The molecule has 1 aliphatic rings. The number of hydrogen-bond donors (Lipinski definition) is 1.